The maximum atomic E-state index is 13.8. The first-order valence-electron chi connectivity index (χ1n) is 12.2. The van der Waals surface area contributed by atoms with Crippen LogP contribution in [0, 0.1) is 11.3 Å². The van der Waals surface area contributed by atoms with E-state index in [0.29, 0.717) is 25.2 Å². The molecule has 9 heteroatoms. The molecule has 2 amide bonds. The van der Waals surface area contributed by atoms with Gasteiger partial charge in [-0.25, -0.2) is 4.72 Å². The molecule has 0 aliphatic carbocycles. The van der Waals surface area contributed by atoms with Crippen LogP contribution in [0.5, 0.6) is 0 Å². The van der Waals surface area contributed by atoms with Gasteiger partial charge in [0.25, 0.3) is 0 Å². The monoisotopic (exact) mass is 492 g/mol. The lowest BCUT2D eigenvalue weighted by Crippen LogP contribution is -2.52. The molecule has 1 aromatic carbocycles. The van der Waals surface area contributed by atoms with Crippen LogP contribution in [-0.4, -0.2) is 51.4 Å². The van der Waals surface area contributed by atoms with Gasteiger partial charge in [0.15, 0.2) is 0 Å². The van der Waals surface area contributed by atoms with E-state index in [-0.39, 0.29) is 17.9 Å². The van der Waals surface area contributed by atoms with E-state index in [1.165, 1.54) is 18.9 Å². The number of carbonyl (C=O) groups excluding carboxylic acids is 2. The van der Waals surface area contributed by atoms with Gasteiger partial charge >= 0.3 is 0 Å². The summed E-state index contributed by atoms with van der Waals surface area (Å²) in [6, 6.07) is 13.7. The van der Waals surface area contributed by atoms with Crippen LogP contribution < -0.4 is 10.0 Å². The molecule has 35 heavy (non-hydrogen) atoms. The van der Waals surface area contributed by atoms with Crippen molar-refractivity contribution in [2.24, 2.45) is 0 Å². The van der Waals surface area contributed by atoms with E-state index in [1.807, 2.05) is 52.2 Å². The second kappa shape index (κ2) is 12.0. The molecule has 1 aliphatic heterocycles. The quantitative estimate of drug-likeness (QED) is 0.373. The number of carbonyl (C=O) groups is 2. The van der Waals surface area contributed by atoms with Gasteiger partial charge in [-0.15, -0.1) is 0 Å². The number of likely N-dealkylation sites (tertiary alicyclic amines) is 1. The number of aryl methyl sites for hydroxylation is 1. The maximum Gasteiger partial charge on any atom is 0.240 e. The van der Waals surface area contributed by atoms with Gasteiger partial charge in [0.2, 0.25) is 11.8 Å². The topological polar surface area (TPSA) is 106 Å². The Kier molecular flexibility index (Phi) is 8.50. The van der Waals surface area contributed by atoms with Crippen LogP contribution in [0.4, 0.5) is 0 Å². The highest BCUT2D eigenvalue weighted by atomic mass is 32.2. The number of H-pyrrole nitrogens is 1. The molecule has 0 saturated carbocycles. The molecule has 1 aliphatic rings. The first kappa shape index (κ1) is 24.9. The first-order chi connectivity index (χ1) is 17.1. The van der Waals surface area contributed by atoms with Crippen molar-refractivity contribution in [1.82, 2.24) is 24.5 Å². The Morgan fingerprint density at radius 3 is 2.97 bits per heavy atom. The Bertz CT molecular complexity index is 1200. The van der Waals surface area contributed by atoms with Gasteiger partial charge in [-0.2, -0.15) is 5.26 Å². The molecular formula is C26H32N6O2S. The summed E-state index contributed by atoms with van der Waals surface area (Å²) in [5.74, 6) is 0.0329. The fourth-order valence-electron chi connectivity index (χ4n) is 4.70. The number of aromatic amines is 1. The van der Waals surface area contributed by atoms with Crippen molar-refractivity contribution in [3.63, 3.8) is 0 Å². The molecule has 4 rings (SSSR count). The summed E-state index contributed by atoms with van der Waals surface area (Å²) in [6.45, 7) is 3.38. The Hall–Kier alpha value is -3.22. The highest BCUT2D eigenvalue weighted by molar-refractivity contribution is 7.97. The van der Waals surface area contributed by atoms with E-state index >= 15 is 0 Å². The van der Waals surface area contributed by atoms with E-state index in [1.54, 1.807) is 6.07 Å². The lowest BCUT2D eigenvalue weighted by Gasteiger charge is -2.38. The highest BCUT2D eigenvalue weighted by Gasteiger charge is 2.31. The molecule has 2 atom stereocenters. The number of fused-ring (bicyclic) bond motifs is 1. The molecule has 2 aromatic heterocycles. The number of nitrogens with one attached hydrogen (secondary N) is 3. The van der Waals surface area contributed by atoms with Crippen LogP contribution >= 0.6 is 11.9 Å². The number of benzene rings is 1. The van der Waals surface area contributed by atoms with Crippen LogP contribution in [0.3, 0.4) is 0 Å². The molecular weight excluding hydrogens is 460 g/mol. The summed E-state index contributed by atoms with van der Waals surface area (Å²) in [6.07, 6.45) is 8.14. The summed E-state index contributed by atoms with van der Waals surface area (Å²) in [5, 5.41) is 13.4. The second-order valence-electron chi connectivity index (χ2n) is 8.91. The van der Waals surface area contributed by atoms with Crippen molar-refractivity contribution >= 4 is 34.7 Å². The summed E-state index contributed by atoms with van der Waals surface area (Å²) < 4.78 is 5.35. The zero-order chi connectivity index (χ0) is 24.6. The number of amides is 2. The van der Waals surface area contributed by atoms with Gasteiger partial charge in [-0.1, -0.05) is 6.07 Å². The third kappa shape index (κ3) is 6.27. The average molecular weight is 493 g/mol. The predicted octanol–water partition coefficient (Wildman–Crippen LogP) is 3.80. The lowest BCUT2D eigenvalue weighted by atomic mass is 9.98. The molecule has 0 bridgehead atoms. The van der Waals surface area contributed by atoms with E-state index < -0.39 is 6.04 Å². The van der Waals surface area contributed by atoms with Crippen LogP contribution in [0.25, 0.3) is 10.9 Å². The normalized spacial score (nSPS) is 16.7. The number of hydrogen-bond acceptors (Lipinski definition) is 5. The van der Waals surface area contributed by atoms with Crippen molar-refractivity contribution in [2.45, 2.75) is 62.6 Å². The Labute approximate surface area is 210 Å². The van der Waals surface area contributed by atoms with E-state index in [0.717, 1.165) is 48.0 Å². The smallest absolute Gasteiger partial charge is 0.240 e. The number of nitriles is 1. The van der Waals surface area contributed by atoms with Gasteiger partial charge in [-0.3, -0.25) is 9.59 Å². The Morgan fingerprint density at radius 2 is 2.14 bits per heavy atom. The van der Waals surface area contributed by atoms with Crippen LogP contribution in [0.1, 0.15) is 44.7 Å². The van der Waals surface area contributed by atoms with E-state index in [2.05, 4.69) is 21.1 Å². The third-order valence-electron chi connectivity index (χ3n) is 6.53. The molecule has 1 fully saturated rings. The largest absolute Gasteiger partial charge is 0.361 e. The van der Waals surface area contributed by atoms with Gasteiger partial charge in [-0.05, 0) is 74.4 Å². The molecule has 3 heterocycles. The molecule has 2 unspecified atom stereocenters. The summed E-state index contributed by atoms with van der Waals surface area (Å²) in [7, 11) is 0. The molecule has 1 saturated heterocycles. The third-order valence-corrected chi connectivity index (χ3v) is 7.51. The maximum absolute atomic E-state index is 13.8. The standard InChI is InChI=1S/C26H32N6O2S/c1-19(33)28-13-10-20-6-2-3-16-32(20)26(34)24(12-17-31-15-5-7-21(31)18-27)30-35-25-9-4-8-23-22(25)11-14-29-23/h4-5,7-9,11,14-15,20,24,29-30H,2-3,6,10,12-13,16-17H2,1H3,(H,28,33). The number of hydrogen-bond donors (Lipinski definition) is 3. The van der Waals surface area contributed by atoms with Crippen molar-refractivity contribution in [3.8, 4) is 6.07 Å². The summed E-state index contributed by atoms with van der Waals surface area (Å²) >= 11 is 1.48. The highest BCUT2D eigenvalue weighted by Crippen LogP contribution is 2.27. The molecule has 0 spiro atoms. The van der Waals surface area contributed by atoms with Crippen LogP contribution in [0.15, 0.2) is 53.7 Å². The van der Waals surface area contributed by atoms with Crippen molar-refractivity contribution in [2.75, 3.05) is 13.1 Å². The van der Waals surface area contributed by atoms with Crippen molar-refractivity contribution < 1.29 is 9.59 Å². The van der Waals surface area contributed by atoms with E-state index in [9.17, 15) is 14.9 Å². The SMILES string of the molecule is CC(=O)NCCC1CCCCN1C(=O)C(CCn1cccc1C#N)NSc1cccc2[nH]ccc12. The molecule has 8 nitrogen and oxygen atoms in total. The minimum absolute atomic E-state index is 0.0476. The van der Waals surface area contributed by atoms with Crippen molar-refractivity contribution in [3.05, 3.63) is 54.5 Å². The number of piperidine rings is 1. The molecule has 3 aromatic rings. The van der Waals surface area contributed by atoms with Gasteiger partial charge in [0, 0.05) is 60.8 Å². The average Bonchev–Trinajstić information content (AvgIpc) is 3.53. The van der Waals surface area contributed by atoms with Crippen LogP contribution in [-0.2, 0) is 16.1 Å². The fraction of sp³-hybridized carbons (Fsp3) is 0.423. The minimum atomic E-state index is -0.412. The molecule has 0 radical (unpaired) electrons. The summed E-state index contributed by atoms with van der Waals surface area (Å²) in [5.41, 5.74) is 1.65. The van der Waals surface area contributed by atoms with E-state index in [4.69, 9.17) is 0 Å². The Balaban J connectivity index is 1.49. The Morgan fingerprint density at radius 1 is 1.26 bits per heavy atom. The number of rotatable bonds is 10. The van der Waals surface area contributed by atoms with Crippen LogP contribution in [0.2, 0.25) is 0 Å². The lowest BCUT2D eigenvalue weighted by molar-refractivity contribution is -0.137. The van der Waals surface area contributed by atoms with Crippen molar-refractivity contribution in [1.29, 1.82) is 5.26 Å². The summed E-state index contributed by atoms with van der Waals surface area (Å²) in [4.78, 5) is 31.4. The zero-order valence-electron chi connectivity index (χ0n) is 20.0. The van der Waals surface area contributed by atoms with Gasteiger partial charge in [0.05, 0.1) is 6.04 Å². The molecule has 3 N–H and O–H groups in total. The first-order valence-corrected chi connectivity index (χ1v) is 13.0. The minimum Gasteiger partial charge on any atom is -0.361 e. The number of aromatic nitrogens is 2. The molecule has 184 valence electrons. The van der Waals surface area contributed by atoms with Gasteiger partial charge in [0.1, 0.15) is 11.8 Å². The van der Waals surface area contributed by atoms with Gasteiger partial charge < -0.3 is 19.8 Å². The number of nitrogens with zero attached hydrogens (tertiary/aromatic N) is 3. The predicted molar refractivity (Wildman–Crippen MR) is 137 cm³/mol. The fourth-order valence-corrected chi connectivity index (χ4v) is 5.62. The zero-order valence-corrected chi connectivity index (χ0v) is 20.8. The second-order valence-corrected chi connectivity index (χ2v) is 9.79.